The Labute approximate surface area is 194 Å². The quantitative estimate of drug-likeness (QED) is 0.628. The molecule has 0 saturated carbocycles. The van der Waals surface area contributed by atoms with Crippen molar-refractivity contribution in [1.29, 1.82) is 0 Å². The molecule has 0 aromatic heterocycles. The summed E-state index contributed by atoms with van der Waals surface area (Å²) in [5, 5.41) is 5.93. The molecule has 6 rings (SSSR count). The average Bonchev–Trinajstić information content (AvgIpc) is 3.60. The molecule has 2 aromatic rings. The fourth-order valence-corrected chi connectivity index (χ4v) is 5.76. The maximum atomic E-state index is 5.85. The molecule has 0 amide bonds. The zero-order chi connectivity index (χ0) is 21.5. The number of rotatable bonds is 1. The SMILES string of the molecule is CC1=NCCS1.NC1CCc2ccccc21.c1ccc2c(c1)CCC2NC1=NCCS1. The van der Waals surface area contributed by atoms with Crippen molar-refractivity contribution in [2.45, 2.75) is 44.7 Å². The van der Waals surface area contributed by atoms with E-state index in [0.29, 0.717) is 12.1 Å². The van der Waals surface area contributed by atoms with Crippen LogP contribution in [0.4, 0.5) is 0 Å². The predicted octanol–water partition coefficient (Wildman–Crippen LogP) is 5.15. The Kier molecular flexibility index (Phi) is 8.11. The molecule has 0 spiro atoms. The zero-order valence-corrected chi connectivity index (χ0v) is 19.9. The van der Waals surface area contributed by atoms with E-state index in [0.717, 1.165) is 36.9 Å². The first-order valence-corrected chi connectivity index (χ1v) is 13.2. The van der Waals surface area contributed by atoms with E-state index in [9.17, 15) is 0 Å². The Bertz CT molecular complexity index is 941. The van der Waals surface area contributed by atoms with E-state index in [-0.39, 0.29) is 0 Å². The number of aliphatic imine (C=N–C) groups is 2. The van der Waals surface area contributed by atoms with Gasteiger partial charge >= 0.3 is 0 Å². The van der Waals surface area contributed by atoms with Gasteiger partial charge in [0, 0.05) is 24.1 Å². The first-order chi connectivity index (χ1) is 15.2. The van der Waals surface area contributed by atoms with Crippen molar-refractivity contribution in [2.75, 3.05) is 24.6 Å². The van der Waals surface area contributed by atoms with E-state index in [1.807, 2.05) is 23.5 Å². The van der Waals surface area contributed by atoms with Crippen LogP contribution in [0.2, 0.25) is 0 Å². The van der Waals surface area contributed by atoms with E-state index in [4.69, 9.17) is 5.73 Å². The second-order valence-electron chi connectivity index (χ2n) is 8.06. The third-order valence-electron chi connectivity index (χ3n) is 5.93. The van der Waals surface area contributed by atoms with Crippen molar-refractivity contribution in [3.05, 3.63) is 70.8 Å². The number of aryl methyl sites for hydroxylation is 2. The molecule has 0 bridgehead atoms. The van der Waals surface area contributed by atoms with E-state index in [1.165, 1.54) is 45.9 Å². The highest BCUT2D eigenvalue weighted by atomic mass is 32.2. The lowest BCUT2D eigenvalue weighted by molar-refractivity contribution is 0.644. The molecule has 0 radical (unpaired) electrons. The van der Waals surface area contributed by atoms with Crippen molar-refractivity contribution < 1.29 is 0 Å². The molecule has 3 N–H and O–H groups in total. The summed E-state index contributed by atoms with van der Waals surface area (Å²) >= 11 is 3.69. The fraction of sp³-hybridized carbons (Fsp3) is 0.440. The maximum absolute atomic E-state index is 5.85. The Morgan fingerprint density at radius 1 is 0.839 bits per heavy atom. The Morgan fingerprint density at radius 3 is 2.10 bits per heavy atom. The van der Waals surface area contributed by atoms with Gasteiger partial charge in [-0.25, -0.2) is 0 Å². The molecule has 31 heavy (non-hydrogen) atoms. The van der Waals surface area contributed by atoms with Gasteiger partial charge in [0.15, 0.2) is 5.17 Å². The highest BCUT2D eigenvalue weighted by Gasteiger charge is 2.23. The van der Waals surface area contributed by atoms with Crippen LogP contribution in [-0.4, -0.2) is 34.8 Å². The van der Waals surface area contributed by atoms with Gasteiger partial charge in [-0.2, -0.15) is 0 Å². The van der Waals surface area contributed by atoms with Gasteiger partial charge in [0.1, 0.15) is 0 Å². The minimum Gasteiger partial charge on any atom is -0.358 e. The molecule has 0 saturated heterocycles. The van der Waals surface area contributed by atoms with E-state index >= 15 is 0 Å². The van der Waals surface area contributed by atoms with Crippen molar-refractivity contribution >= 4 is 33.7 Å². The number of nitrogens with zero attached hydrogens (tertiary/aromatic N) is 2. The lowest BCUT2D eigenvalue weighted by Crippen LogP contribution is -2.23. The van der Waals surface area contributed by atoms with Crippen LogP contribution in [0.1, 0.15) is 54.1 Å². The summed E-state index contributed by atoms with van der Waals surface area (Å²) in [6, 6.07) is 18.0. The van der Waals surface area contributed by atoms with Crippen LogP contribution in [0.15, 0.2) is 58.5 Å². The third-order valence-corrected chi connectivity index (χ3v) is 7.77. The van der Waals surface area contributed by atoms with Gasteiger partial charge in [0.2, 0.25) is 0 Å². The number of fused-ring (bicyclic) bond motifs is 2. The molecule has 2 heterocycles. The number of benzene rings is 2. The van der Waals surface area contributed by atoms with Gasteiger partial charge in [-0.1, -0.05) is 60.3 Å². The number of thioether (sulfide) groups is 2. The summed E-state index contributed by atoms with van der Waals surface area (Å²) in [7, 11) is 0. The minimum atomic E-state index is 0.302. The minimum absolute atomic E-state index is 0.302. The molecule has 6 heteroatoms. The van der Waals surface area contributed by atoms with Crippen LogP contribution in [0, 0.1) is 0 Å². The molecule has 2 unspecified atom stereocenters. The predicted molar refractivity (Wildman–Crippen MR) is 138 cm³/mol. The van der Waals surface area contributed by atoms with Crippen molar-refractivity contribution in [1.82, 2.24) is 5.32 Å². The first kappa shape index (κ1) is 22.4. The number of nitrogens with two attached hydrogens (primary N) is 1. The summed E-state index contributed by atoms with van der Waals surface area (Å²) < 4.78 is 0. The standard InChI is InChI=1S/C12H14N2S.C9H11N.C4H7NS/c1-2-4-10-9(3-1)5-6-11(10)14-12-13-7-8-15-12;10-9-6-5-7-3-1-2-4-8(7)9;1-4-5-2-3-6-4/h1-4,11H,5-8H2,(H,13,14);1-4,9H,5-6,10H2;2-3H2,1H3. The van der Waals surface area contributed by atoms with Gasteiger partial charge in [-0.3, -0.25) is 9.98 Å². The van der Waals surface area contributed by atoms with Crippen LogP contribution >= 0.6 is 23.5 Å². The zero-order valence-electron chi connectivity index (χ0n) is 18.2. The molecule has 164 valence electrons. The summed E-state index contributed by atoms with van der Waals surface area (Å²) in [6.07, 6.45) is 4.70. The van der Waals surface area contributed by atoms with Crippen molar-refractivity contribution in [3.8, 4) is 0 Å². The maximum Gasteiger partial charge on any atom is 0.157 e. The largest absolute Gasteiger partial charge is 0.358 e. The summed E-state index contributed by atoms with van der Waals surface area (Å²) in [4.78, 5) is 8.56. The van der Waals surface area contributed by atoms with Gasteiger partial charge in [-0.05, 0) is 54.9 Å². The van der Waals surface area contributed by atoms with Crippen LogP contribution in [-0.2, 0) is 12.8 Å². The van der Waals surface area contributed by atoms with Crippen LogP contribution in [0.25, 0.3) is 0 Å². The molecule has 2 aliphatic heterocycles. The second-order valence-corrected chi connectivity index (χ2v) is 10.4. The summed E-state index contributed by atoms with van der Waals surface area (Å²) in [6.45, 7) is 4.07. The summed E-state index contributed by atoms with van der Waals surface area (Å²) in [5.74, 6) is 2.34. The van der Waals surface area contributed by atoms with E-state index in [2.05, 4.69) is 70.8 Å². The van der Waals surface area contributed by atoms with E-state index < -0.39 is 0 Å². The molecule has 2 aromatic carbocycles. The first-order valence-electron chi connectivity index (χ1n) is 11.2. The van der Waals surface area contributed by atoms with Crippen LogP contribution in [0.5, 0.6) is 0 Å². The molecule has 2 atom stereocenters. The smallest absolute Gasteiger partial charge is 0.157 e. The third kappa shape index (κ3) is 6.15. The van der Waals surface area contributed by atoms with E-state index in [1.54, 1.807) is 0 Å². The molecule has 0 fully saturated rings. The van der Waals surface area contributed by atoms with Crippen molar-refractivity contribution in [2.24, 2.45) is 15.7 Å². The Balaban J connectivity index is 0.000000124. The number of nitrogens with one attached hydrogen (secondary N) is 1. The highest BCUT2D eigenvalue weighted by Crippen LogP contribution is 2.31. The molecule has 4 aliphatic rings. The molecular formula is C25H32N4S2. The van der Waals surface area contributed by atoms with Gasteiger partial charge < -0.3 is 11.1 Å². The molecule has 4 nitrogen and oxygen atoms in total. The molecule has 2 aliphatic carbocycles. The summed E-state index contributed by atoms with van der Waals surface area (Å²) in [5.41, 5.74) is 11.6. The number of hydrogen-bond donors (Lipinski definition) is 2. The van der Waals surface area contributed by atoms with Gasteiger partial charge in [0.05, 0.1) is 17.6 Å². The van der Waals surface area contributed by atoms with Gasteiger partial charge in [-0.15, -0.1) is 11.8 Å². The lowest BCUT2D eigenvalue weighted by Gasteiger charge is -2.14. The lowest BCUT2D eigenvalue weighted by atomic mass is 10.1. The van der Waals surface area contributed by atoms with Crippen LogP contribution in [0.3, 0.4) is 0 Å². The Hall–Kier alpha value is -1.76. The highest BCUT2D eigenvalue weighted by molar-refractivity contribution is 8.14. The number of amidine groups is 1. The monoisotopic (exact) mass is 452 g/mol. The van der Waals surface area contributed by atoms with Crippen LogP contribution < -0.4 is 11.1 Å². The second kappa shape index (κ2) is 11.2. The number of hydrogen-bond acceptors (Lipinski definition) is 6. The topological polar surface area (TPSA) is 62.8 Å². The molecular weight excluding hydrogens is 420 g/mol. The average molecular weight is 453 g/mol. The fourth-order valence-electron chi connectivity index (χ4n) is 4.31. The van der Waals surface area contributed by atoms with Gasteiger partial charge in [0.25, 0.3) is 0 Å². The normalized spacial score (nSPS) is 22.9. The Morgan fingerprint density at radius 2 is 1.48 bits per heavy atom. The van der Waals surface area contributed by atoms with Crippen molar-refractivity contribution in [3.63, 3.8) is 0 Å².